The van der Waals surface area contributed by atoms with Crippen LogP contribution in [0.25, 0.3) is 0 Å². The first kappa shape index (κ1) is 19.5. The topological polar surface area (TPSA) is 91.8 Å². The van der Waals surface area contributed by atoms with Crippen molar-refractivity contribution in [1.82, 2.24) is 14.2 Å². The second kappa shape index (κ2) is 8.48. The minimum Gasteiger partial charge on any atom is -0.474 e. The van der Waals surface area contributed by atoms with E-state index < -0.39 is 10.0 Å². The highest BCUT2D eigenvalue weighted by Gasteiger charge is 2.28. The van der Waals surface area contributed by atoms with E-state index in [1.165, 1.54) is 11.1 Å². The van der Waals surface area contributed by atoms with Gasteiger partial charge in [-0.3, -0.25) is 0 Å². The maximum absolute atomic E-state index is 12.1. The molecule has 1 N–H and O–H groups in total. The van der Waals surface area contributed by atoms with Crippen LogP contribution in [-0.2, 0) is 10.0 Å². The molecule has 0 aliphatic carbocycles. The summed E-state index contributed by atoms with van der Waals surface area (Å²) in [6.45, 7) is 2.82. The molecule has 140 valence electrons. The molecule has 1 aliphatic heterocycles. The molecule has 1 aromatic heterocycles. The first-order chi connectivity index (χ1) is 11.8. The molecule has 25 heavy (non-hydrogen) atoms. The number of nitrogens with one attached hydrogen (secondary N) is 1. The highest BCUT2D eigenvalue weighted by molar-refractivity contribution is 7.89. The summed E-state index contributed by atoms with van der Waals surface area (Å²) in [4.78, 5) is 17.2. The van der Waals surface area contributed by atoms with Gasteiger partial charge in [0.25, 0.3) is 0 Å². The molecule has 0 aromatic carbocycles. The Bertz CT molecular complexity index is 668. The van der Waals surface area contributed by atoms with Gasteiger partial charge in [-0.25, -0.2) is 22.5 Å². The first-order valence-electron chi connectivity index (χ1n) is 8.40. The number of aromatic nitrogens is 1. The number of hydrogen-bond donors (Lipinski definition) is 1. The molecule has 0 spiro atoms. The van der Waals surface area contributed by atoms with Gasteiger partial charge in [0, 0.05) is 33.3 Å². The van der Waals surface area contributed by atoms with Gasteiger partial charge < -0.3 is 15.0 Å². The summed E-state index contributed by atoms with van der Waals surface area (Å²) in [5, 5.41) is 2.70. The number of pyridine rings is 1. The Labute approximate surface area is 149 Å². The van der Waals surface area contributed by atoms with Crippen molar-refractivity contribution in [3.8, 4) is 5.88 Å². The lowest BCUT2D eigenvalue weighted by atomic mass is 10.1. The van der Waals surface area contributed by atoms with Gasteiger partial charge in [-0.15, -0.1) is 0 Å². The molecule has 2 heterocycles. The standard InChI is InChI=1S/C16H26N4O4S/c1-4-11-25(22,23)20-9-7-14(8-10-20)24-15-6-5-13(12-17-15)18-16(21)19(2)3/h5-6,12,14H,4,7-11H2,1-3H3,(H,18,21). The molecule has 0 atom stereocenters. The number of carbonyl (C=O) groups is 1. The van der Waals surface area contributed by atoms with Gasteiger partial charge in [-0.2, -0.15) is 0 Å². The van der Waals surface area contributed by atoms with Crippen molar-refractivity contribution in [2.24, 2.45) is 0 Å². The van der Waals surface area contributed by atoms with Crippen LogP contribution in [0.1, 0.15) is 26.2 Å². The normalized spacial score (nSPS) is 16.4. The van der Waals surface area contributed by atoms with E-state index >= 15 is 0 Å². The summed E-state index contributed by atoms with van der Waals surface area (Å²) in [5.74, 6) is 0.665. The largest absolute Gasteiger partial charge is 0.474 e. The Morgan fingerprint density at radius 3 is 2.56 bits per heavy atom. The van der Waals surface area contributed by atoms with Crippen LogP contribution in [0.3, 0.4) is 0 Å². The summed E-state index contributed by atoms with van der Waals surface area (Å²) in [7, 11) is 0.184. The van der Waals surface area contributed by atoms with E-state index in [0.717, 1.165) is 0 Å². The van der Waals surface area contributed by atoms with E-state index in [1.807, 2.05) is 6.92 Å². The summed E-state index contributed by atoms with van der Waals surface area (Å²) in [5.41, 5.74) is 0.589. The Kier molecular flexibility index (Phi) is 6.60. The molecule has 2 amide bonds. The molecule has 2 rings (SSSR count). The number of rotatable bonds is 6. The monoisotopic (exact) mass is 370 g/mol. The zero-order chi connectivity index (χ0) is 18.4. The first-order valence-corrected chi connectivity index (χ1v) is 10.0. The number of amides is 2. The number of piperidine rings is 1. The molecule has 0 unspecified atom stereocenters. The van der Waals surface area contributed by atoms with Crippen molar-refractivity contribution >= 4 is 21.7 Å². The lowest BCUT2D eigenvalue weighted by Gasteiger charge is -2.31. The van der Waals surface area contributed by atoms with Crippen molar-refractivity contribution in [3.63, 3.8) is 0 Å². The minimum atomic E-state index is -3.14. The second-order valence-corrected chi connectivity index (χ2v) is 8.33. The third-order valence-electron chi connectivity index (χ3n) is 3.94. The number of carbonyl (C=O) groups excluding carboxylic acids is 1. The van der Waals surface area contributed by atoms with Gasteiger partial charge in [0.1, 0.15) is 6.10 Å². The van der Waals surface area contributed by atoms with E-state index in [9.17, 15) is 13.2 Å². The minimum absolute atomic E-state index is 0.0530. The van der Waals surface area contributed by atoms with Crippen molar-refractivity contribution in [3.05, 3.63) is 18.3 Å². The molecule has 0 bridgehead atoms. The summed E-state index contributed by atoms with van der Waals surface area (Å²) < 4.78 is 31.5. The average Bonchev–Trinajstić information content (AvgIpc) is 2.57. The molecular formula is C16H26N4O4S. The molecule has 8 nitrogen and oxygen atoms in total. The van der Waals surface area contributed by atoms with Gasteiger partial charge in [0.05, 0.1) is 17.6 Å². The second-order valence-electron chi connectivity index (χ2n) is 6.24. The van der Waals surface area contributed by atoms with Crippen molar-refractivity contribution in [1.29, 1.82) is 0 Å². The van der Waals surface area contributed by atoms with Gasteiger partial charge in [-0.05, 0) is 25.3 Å². The molecule has 0 radical (unpaired) electrons. The van der Waals surface area contributed by atoms with Gasteiger partial charge >= 0.3 is 6.03 Å². The number of hydrogen-bond acceptors (Lipinski definition) is 5. The number of nitrogens with zero attached hydrogens (tertiary/aromatic N) is 3. The number of urea groups is 1. The molecule has 1 fully saturated rings. The van der Waals surface area contributed by atoms with Crippen LogP contribution in [-0.4, -0.2) is 67.7 Å². The third kappa shape index (κ3) is 5.57. The molecule has 0 saturated carbocycles. The predicted molar refractivity (Wildman–Crippen MR) is 96.2 cm³/mol. The predicted octanol–water partition coefficient (Wildman–Crippen LogP) is 1.76. The van der Waals surface area contributed by atoms with Crippen LogP contribution in [0, 0.1) is 0 Å². The number of sulfonamides is 1. The van der Waals surface area contributed by atoms with E-state index in [1.54, 1.807) is 30.5 Å². The van der Waals surface area contributed by atoms with E-state index in [4.69, 9.17) is 4.74 Å². The maximum atomic E-state index is 12.1. The van der Waals surface area contributed by atoms with Crippen LogP contribution in [0.2, 0.25) is 0 Å². The van der Waals surface area contributed by atoms with Crippen molar-refractivity contribution in [2.75, 3.05) is 38.3 Å². The lowest BCUT2D eigenvalue weighted by Crippen LogP contribution is -2.42. The molecule has 1 aromatic rings. The summed E-state index contributed by atoms with van der Waals surface area (Å²) in [6, 6.07) is 3.20. The SMILES string of the molecule is CCCS(=O)(=O)N1CCC(Oc2ccc(NC(=O)N(C)C)cn2)CC1. The molecular weight excluding hydrogens is 344 g/mol. The van der Waals surface area contributed by atoms with Crippen LogP contribution < -0.4 is 10.1 Å². The van der Waals surface area contributed by atoms with Gasteiger partial charge in [0.2, 0.25) is 15.9 Å². The fourth-order valence-corrected chi connectivity index (χ4v) is 4.09. The lowest BCUT2D eigenvalue weighted by molar-refractivity contribution is 0.130. The van der Waals surface area contributed by atoms with Crippen molar-refractivity contribution < 1.29 is 17.9 Å². The Morgan fingerprint density at radius 2 is 2.04 bits per heavy atom. The molecule has 1 aliphatic rings. The molecule has 1 saturated heterocycles. The Hall–Kier alpha value is -1.87. The fraction of sp³-hybridized carbons (Fsp3) is 0.625. The number of anilines is 1. The highest BCUT2D eigenvalue weighted by atomic mass is 32.2. The summed E-state index contributed by atoms with van der Waals surface area (Å²) >= 11 is 0. The van der Waals surface area contributed by atoms with Gasteiger partial charge in [-0.1, -0.05) is 6.92 Å². The van der Waals surface area contributed by atoms with Crippen LogP contribution in [0.4, 0.5) is 10.5 Å². The third-order valence-corrected chi connectivity index (χ3v) is 6.01. The average molecular weight is 370 g/mol. The van der Waals surface area contributed by atoms with E-state index in [2.05, 4.69) is 10.3 Å². The fourth-order valence-electron chi connectivity index (χ4n) is 2.55. The quantitative estimate of drug-likeness (QED) is 0.824. The van der Waals surface area contributed by atoms with Gasteiger partial charge in [0.15, 0.2) is 0 Å². The Balaban J connectivity index is 1.85. The van der Waals surface area contributed by atoms with Crippen LogP contribution >= 0.6 is 0 Å². The smallest absolute Gasteiger partial charge is 0.321 e. The number of ether oxygens (including phenoxy) is 1. The zero-order valence-corrected chi connectivity index (χ0v) is 15.8. The van der Waals surface area contributed by atoms with Crippen molar-refractivity contribution in [2.45, 2.75) is 32.3 Å². The van der Waals surface area contributed by atoms with Crippen LogP contribution in [0.5, 0.6) is 5.88 Å². The van der Waals surface area contributed by atoms with E-state index in [-0.39, 0.29) is 17.9 Å². The highest BCUT2D eigenvalue weighted by Crippen LogP contribution is 2.20. The zero-order valence-electron chi connectivity index (χ0n) is 14.9. The van der Waals surface area contributed by atoms with Crippen LogP contribution in [0.15, 0.2) is 18.3 Å². The maximum Gasteiger partial charge on any atom is 0.321 e. The Morgan fingerprint density at radius 1 is 1.36 bits per heavy atom. The van der Waals surface area contributed by atoms with E-state index in [0.29, 0.717) is 43.9 Å². The molecule has 9 heteroatoms. The summed E-state index contributed by atoms with van der Waals surface area (Å²) in [6.07, 6.45) is 3.40.